The molecule has 1 fully saturated rings. The molecule has 0 amide bonds. The van der Waals surface area contributed by atoms with Gasteiger partial charge in [-0.1, -0.05) is 6.92 Å². The van der Waals surface area contributed by atoms with E-state index < -0.39 is 17.5 Å². The van der Waals surface area contributed by atoms with Gasteiger partial charge in [-0.15, -0.1) is 0 Å². The van der Waals surface area contributed by atoms with Gasteiger partial charge in [-0.25, -0.2) is 13.2 Å². The van der Waals surface area contributed by atoms with Crippen LogP contribution in [0.5, 0.6) is 0 Å². The maximum atomic E-state index is 13.7. The average Bonchev–Trinajstić information content (AvgIpc) is 2.59. The van der Waals surface area contributed by atoms with Crippen molar-refractivity contribution >= 4 is 5.69 Å². The molecule has 1 aliphatic heterocycles. The van der Waals surface area contributed by atoms with Crippen LogP contribution in [0.25, 0.3) is 0 Å². The van der Waals surface area contributed by atoms with Gasteiger partial charge >= 0.3 is 0 Å². The molecule has 1 aromatic rings. The Labute approximate surface area is 105 Å². The minimum absolute atomic E-state index is 0.0195. The highest BCUT2D eigenvalue weighted by Crippen LogP contribution is 2.24. The second-order valence-electron chi connectivity index (χ2n) is 4.56. The number of halogens is 3. The first kappa shape index (κ1) is 13.2. The predicted octanol–water partition coefficient (Wildman–Crippen LogP) is 2.68. The van der Waals surface area contributed by atoms with Crippen LogP contribution >= 0.6 is 0 Å². The topological polar surface area (TPSA) is 15.3 Å². The van der Waals surface area contributed by atoms with Gasteiger partial charge < -0.3 is 10.2 Å². The van der Waals surface area contributed by atoms with E-state index in [0.29, 0.717) is 31.7 Å². The van der Waals surface area contributed by atoms with E-state index in [4.69, 9.17) is 0 Å². The van der Waals surface area contributed by atoms with Crippen LogP contribution in [-0.4, -0.2) is 25.7 Å². The smallest absolute Gasteiger partial charge is 0.182 e. The number of nitrogens with zero attached hydrogens (tertiary/aromatic N) is 1. The normalized spacial score (nSPS) is 20.9. The fraction of sp³-hybridized carbons (Fsp3) is 0.538. The lowest BCUT2D eigenvalue weighted by Gasteiger charge is -2.23. The zero-order valence-electron chi connectivity index (χ0n) is 10.3. The predicted molar refractivity (Wildman–Crippen MR) is 65.2 cm³/mol. The molecule has 1 heterocycles. The third-order valence-electron chi connectivity index (χ3n) is 3.37. The Morgan fingerprint density at radius 1 is 1.28 bits per heavy atom. The molecular weight excluding hydrogens is 241 g/mol. The number of nitrogens with one attached hydrogen (secondary N) is 1. The maximum absolute atomic E-state index is 13.7. The molecule has 1 aromatic carbocycles. The summed E-state index contributed by atoms with van der Waals surface area (Å²) in [6.45, 7) is 3.92. The van der Waals surface area contributed by atoms with E-state index in [1.807, 2.05) is 0 Å². The molecule has 1 saturated heterocycles. The van der Waals surface area contributed by atoms with Crippen LogP contribution in [0, 0.1) is 17.5 Å². The van der Waals surface area contributed by atoms with Gasteiger partial charge in [0.25, 0.3) is 0 Å². The van der Waals surface area contributed by atoms with Gasteiger partial charge in [-0.3, -0.25) is 0 Å². The molecule has 2 rings (SSSR count). The van der Waals surface area contributed by atoms with Crippen LogP contribution < -0.4 is 10.2 Å². The first-order chi connectivity index (χ1) is 8.61. The van der Waals surface area contributed by atoms with Gasteiger partial charge in [-0.05, 0) is 12.8 Å². The molecule has 18 heavy (non-hydrogen) atoms. The maximum Gasteiger partial charge on any atom is 0.182 e. The molecule has 0 bridgehead atoms. The highest BCUT2D eigenvalue weighted by atomic mass is 19.2. The summed E-state index contributed by atoms with van der Waals surface area (Å²) in [6, 6.07) is 2.02. The standard InChI is InChI=1S/C13H17F3N2/c1-2-10-3-5-18(6-4-17-10)12-8-9(14)7-11(15)13(12)16/h7-8,10,17H,2-6H2,1H3. The lowest BCUT2D eigenvalue weighted by molar-refractivity contribution is 0.492. The Bertz CT molecular complexity index is 423. The molecule has 0 spiro atoms. The lowest BCUT2D eigenvalue weighted by atomic mass is 10.1. The molecular formula is C13H17F3N2. The summed E-state index contributed by atoms with van der Waals surface area (Å²) in [5.74, 6) is -2.84. The summed E-state index contributed by atoms with van der Waals surface area (Å²) in [4.78, 5) is 1.70. The van der Waals surface area contributed by atoms with Crippen molar-refractivity contribution in [2.45, 2.75) is 25.8 Å². The van der Waals surface area contributed by atoms with Crippen LogP contribution in [-0.2, 0) is 0 Å². The molecule has 1 aliphatic rings. The highest BCUT2D eigenvalue weighted by Gasteiger charge is 2.20. The summed E-state index contributed by atoms with van der Waals surface area (Å²) in [7, 11) is 0. The van der Waals surface area contributed by atoms with Crippen LogP contribution in [0.1, 0.15) is 19.8 Å². The van der Waals surface area contributed by atoms with Crippen LogP contribution in [0.2, 0.25) is 0 Å². The Morgan fingerprint density at radius 3 is 2.78 bits per heavy atom. The third-order valence-corrected chi connectivity index (χ3v) is 3.37. The summed E-state index contributed by atoms with van der Waals surface area (Å²) in [6.07, 6.45) is 1.84. The number of anilines is 1. The Balaban J connectivity index is 2.21. The monoisotopic (exact) mass is 258 g/mol. The van der Waals surface area contributed by atoms with Crippen LogP contribution in [0.4, 0.5) is 18.9 Å². The van der Waals surface area contributed by atoms with E-state index in [1.54, 1.807) is 4.90 Å². The summed E-state index contributed by atoms with van der Waals surface area (Å²) < 4.78 is 40.0. The first-order valence-corrected chi connectivity index (χ1v) is 6.24. The van der Waals surface area contributed by atoms with Crippen molar-refractivity contribution < 1.29 is 13.2 Å². The largest absolute Gasteiger partial charge is 0.368 e. The van der Waals surface area contributed by atoms with Gasteiger partial charge in [0, 0.05) is 37.8 Å². The highest BCUT2D eigenvalue weighted by molar-refractivity contribution is 5.48. The zero-order valence-corrected chi connectivity index (χ0v) is 10.3. The zero-order chi connectivity index (χ0) is 13.1. The lowest BCUT2D eigenvalue weighted by Crippen LogP contribution is -2.30. The van der Waals surface area contributed by atoms with Crippen LogP contribution in [0.15, 0.2) is 12.1 Å². The second-order valence-corrected chi connectivity index (χ2v) is 4.56. The fourth-order valence-electron chi connectivity index (χ4n) is 2.29. The Kier molecular flexibility index (Phi) is 4.11. The third kappa shape index (κ3) is 2.77. The number of rotatable bonds is 2. The van der Waals surface area contributed by atoms with E-state index in [0.717, 1.165) is 18.9 Å². The van der Waals surface area contributed by atoms with E-state index in [2.05, 4.69) is 12.2 Å². The molecule has 1 atom stereocenters. The van der Waals surface area contributed by atoms with E-state index in [-0.39, 0.29) is 5.69 Å². The van der Waals surface area contributed by atoms with Gasteiger partial charge in [-0.2, -0.15) is 0 Å². The first-order valence-electron chi connectivity index (χ1n) is 6.24. The molecule has 2 nitrogen and oxygen atoms in total. The molecule has 0 saturated carbocycles. The molecule has 1 N–H and O–H groups in total. The quantitative estimate of drug-likeness (QED) is 0.820. The van der Waals surface area contributed by atoms with Crippen molar-refractivity contribution in [2.75, 3.05) is 24.5 Å². The Morgan fingerprint density at radius 2 is 2.06 bits per heavy atom. The van der Waals surface area contributed by atoms with Crippen molar-refractivity contribution in [3.63, 3.8) is 0 Å². The second kappa shape index (κ2) is 5.61. The van der Waals surface area contributed by atoms with Gasteiger partial charge in [0.2, 0.25) is 0 Å². The molecule has 0 aliphatic carbocycles. The molecule has 0 radical (unpaired) electrons. The van der Waals surface area contributed by atoms with Crippen molar-refractivity contribution in [1.82, 2.24) is 5.32 Å². The minimum Gasteiger partial charge on any atom is -0.368 e. The summed E-state index contributed by atoms with van der Waals surface area (Å²) in [5.41, 5.74) is 0.0195. The van der Waals surface area contributed by atoms with Crippen molar-refractivity contribution in [3.8, 4) is 0 Å². The SMILES string of the molecule is CCC1CCN(c2cc(F)cc(F)c2F)CCN1. The van der Waals surface area contributed by atoms with Gasteiger partial charge in [0.1, 0.15) is 5.82 Å². The van der Waals surface area contributed by atoms with Crippen LogP contribution in [0.3, 0.4) is 0 Å². The Hall–Kier alpha value is -1.23. The molecule has 0 aromatic heterocycles. The number of benzene rings is 1. The van der Waals surface area contributed by atoms with Gasteiger partial charge in [0.05, 0.1) is 5.69 Å². The molecule has 1 unspecified atom stereocenters. The minimum atomic E-state index is -1.13. The molecule has 100 valence electrons. The van der Waals surface area contributed by atoms with E-state index >= 15 is 0 Å². The van der Waals surface area contributed by atoms with E-state index in [9.17, 15) is 13.2 Å². The van der Waals surface area contributed by atoms with Gasteiger partial charge in [0.15, 0.2) is 11.6 Å². The van der Waals surface area contributed by atoms with Crippen molar-refractivity contribution in [3.05, 3.63) is 29.6 Å². The van der Waals surface area contributed by atoms with Crippen molar-refractivity contribution in [1.29, 1.82) is 0 Å². The average molecular weight is 258 g/mol. The van der Waals surface area contributed by atoms with Crippen molar-refractivity contribution in [2.24, 2.45) is 0 Å². The van der Waals surface area contributed by atoms with E-state index in [1.165, 1.54) is 0 Å². The number of hydrogen-bond donors (Lipinski definition) is 1. The summed E-state index contributed by atoms with van der Waals surface area (Å²) >= 11 is 0. The molecule has 5 heteroatoms. The summed E-state index contributed by atoms with van der Waals surface area (Å²) in [5, 5.41) is 3.33. The number of hydrogen-bond acceptors (Lipinski definition) is 2. The fourth-order valence-corrected chi connectivity index (χ4v) is 2.29.